The Bertz CT molecular complexity index is 815. The van der Waals surface area contributed by atoms with Crippen molar-refractivity contribution in [1.29, 1.82) is 0 Å². The van der Waals surface area contributed by atoms with Crippen LogP contribution in [0.3, 0.4) is 0 Å². The van der Waals surface area contributed by atoms with Crippen LogP contribution in [-0.4, -0.2) is 64.9 Å². The van der Waals surface area contributed by atoms with Crippen LogP contribution in [-0.2, 0) is 29.2 Å². The van der Waals surface area contributed by atoms with Gasteiger partial charge >= 0.3 is 0 Å². The van der Waals surface area contributed by atoms with Crippen molar-refractivity contribution in [2.45, 2.75) is 19.6 Å². The van der Waals surface area contributed by atoms with E-state index >= 15 is 0 Å². The van der Waals surface area contributed by atoms with E-state index in [4.69, 9.17) is 4.74 Å². The van der Waals surface area contributed by atoms with Crippen molar-refractivity contribution < 1.29 is 24.2 Å². The Kier molecular flexibility index (Phi) is 8.07. The monoisotopic (exact) mass is 425 g/mol. The maximum Gasteiger partial charge on any atom is 0.275 e. The lowest BCUT2D eigenvalue weighted by Gasteiger charge is -2.29. The molecule has 2 saturated heterocycles. The van der Waals surface area contributed by atoms with Gasteiger partial charge in [-0.1, -0.05) is 54.6 Å². The van der Waals surface area contributed by atoms with Crippen molar-refractivity contribution in [2.24, 2.45) is 0 Å². The minimum atomic E-state index is 0.162. The van der Waals surface area contributed by atoms with Gasteiger partial charge in [-0.15, -0.1) is 0 Å². The minimum absolute atomic E-state index is 0.162. The van der Waals surface area contributed by atoms with Crippen LogP contribution in [0.15, 0.2) is 54.6 Å². The third-order valence-electron chi connectivity index (χ3n) is 6.61. The van der Waals surface area contributed by atoms with E-state index in [1.807, 2.05) is 0 Å². The third kappa shape index (κ3) is 6.87. The normalized spacial score (nSPS) is 22.2. The number of benzene rings is 2. The highest BCUT2D eigenvalue weighted by Gasteiger charge is 2.25. The Morgan fingerprint density at radius 1 is 0.742 bits per heavy atom. The smallest absolute Gasteiger partial charge is 0.275 e. The number of hydrogen-bond donors (Lipinski definition) is 4. The molecule has 6 nitrogen and oxygen atoms in total. The topological polar surface area (TPSA) is 51.7 Å². The molecule has 1 amide bonds. The number of carbonyl (C=O) groups is 1. The Hall–Kier alpha value is -2.25. The molecule has 0 bridgehead atoms. The molecule has 2 aliphatic rings. The first-order chi connectivity index (χ1) is 15.3. The summed E-state index contributed by atoms with van der Waals surface area (Å²) in [5.74, 6) is 0.162. The first kappa shape index (κ1) is 22.0. The number of rotatable bonds is 8. The van der Waals surface area contributed by atoms with Gasteiger partial charge in [0, 0.05) is 17.7 Å². The van der Waals surface area contributed by atoms with Gasteiger partial charge in [0.05, 0.1) is 13.2 Å². The van der Waals surface area contributed by atoms with Crippen LogP contribution < -0.4 is 20.0 Å². The lowest BCUT2D eigenvalue weighted by Crippen LogP contribution is -3.28. The van der Waals surface area contributed by atoms with Crippen LogP contribution in [0, 0.1) is 0 Å². The summed E-state index contributed by atoms with van der Waals surface area (Å²) in [5, 5.41) is 3.17. The van der Waals surface area contributed by atoms with E-state index in [1.54, 1.807) is 9.80 Å². The van der Waals surface area contributed by atoms with Gasteiger partial charge in [-0.2, -0.15) is 0 Å². The molecule has 0 aromatic heterocycles. The second-order valence-electron chi connectivity index (χ2n) is 8.92. The molecule has 2 aromatic rings. The Labute approximate surface area is 185 Å². The van der Waals surface area contributed by atoms with Gasteiger partial charge in [0.15, 0.2) is 6.54 Å². The van der Waals surface area contributed by atoms with Gasteiger partial charge < -0.3 is 24.8 Å². The first-order valence-electron chi connectivity index (χ1n) is 11.7. The number of quaternary nitrogens is 3. The van der Waals surface area contributed by atoms with Crippen LogP contribution in [0.1, 0.15) is 16.7 Å². The molecule has 4 N–H and O–H groups in total. The summed E-state index contributed by atoms with van der Waals surface area (Å²) in [5.41, 5.74) is 3.98. The molecule has 0 saturated carbocycles. The highest BCUT2D eigenvalue weighted by Crippen LogP contribution is 2.07. The van der Waals surface area contributed by atoms with E-state index in [-0.39, 0.29) is 5.91 Å². The molecule has 2 aliphatic heterocycles. The molecule has 0 spiro atoms. The Balaban J connectivity index is 1.19. The molecule has 0 unspecified atom stereocenters. The van der Waals surface area contributed by atoms with Crippen molar-refractivity contribution in [3.05, 3.63) is 71.3 Å². The molecular formula is C25H37N4O2+3. The minimum Gasteiger partial charge on any atom is -0.370 e. The molecule has 0 atom stereocenters. The molecule has 4 rings (SSSR count). The van der Waals surface area contributed by atoms with Crippen LogP contribution in [0.25, 0.3) is 0 Å². The lowest BCUT2D eigenvalue weighted by atomic mass is 10.1. The maximum absolute atomic E-state index is 12.6. The number of amides is 1. The fourth-order valence-corrected chi connectivity index (χ4v) is 4.69. The molecule has 0 aliphatic carbocycles. The fourth-order valence-electron chi connectivity index (χ4n) is 4.69. The largest absolute Gasteiger partial charge is 0.370 e. The maximum atomic E-state index is 12.6. The number of piperazine rings is 1. The lowest BCUT2D eigenvalue weighted by molar-refractivity contribution is -1.02. The average Bonchev–Trinajstić information content (AvgIpc) is 2.81. The van der Waals surface area contributed by atoms with Gasteiger partial charge in [-0.05, 0) is 5.56 Å². The highest BCUT2D eigenvalue weighted by atomic mass is 16.5. The van der Waals surface area contributed by atoms with E-state index in [9.17, 15) is 4.79 Å². The zero-order valence-electron chi connectivity index (χ0n) is 18.5. The summed E-state index contributed by atoms with van der Waals surface area (Å²) in [6.07, 6.45) is 0. The SMILES string of the molecule is O=C(C[NH+]1CC[NH+](Cc2ccccc2)CC1)NCc1ccccc1C[NH+]1CCOCC1. The number of carbonyl (C=O) groups excluding carboxylic acids is 1. The number of hydrogen-bond acceptors (Lipinski definition) is 2. The Morgan fingerprint density at radius 3 is 2.10 bits per heavy atom. The standard InChI is InChI=1S/C25H34N4O2/c30-25(21-28-12-10-27(11-13-28)19-22-6-2-1-3-7-22)26-18-23-8-4-5-9-24(23)20-29-14-16-31-17-15-29/h1-9H,10-21H2,(H,26,30)/p+3. The van der Waals surface area contributed by atoms with E-state index in [0.717, 1.165) is 65.6 Å². The van der Waals surface area contributed by atoms with Crippen molar-refractivity contribution in [1.82, 2.24) is 5.32 Å². The molecule has 31 heavy (non-hydrogen) atoms. The van der Waals surface area contributed by atoms with Crippen molar-refractivity contribution >= 4 is 5.91 Å². The summed E-state index contributed by atoms with van der Waals surface area (Å²) in [6, 6.07) is 19.2. The molecule has 2 fully saturated rings. The fraction of sp³-hybridized carbons (Fsp3) is 0.480. The zero-order valence-corrected chi connectivity index (χ0v) is 18.5. The molecular weight excluding hydrogens is 388 g/mol. The number of nitrogens with one attached hydrogen (secondary N) is 4. The van der Waals surface area contributed by atoms with E-state index in [0.29, 0.717) is 13.1 Å². The summed E-state index contributed by atoms with van der Waals surface area (Å²) < 4.78 is 5.47. The second-order valence-corrected chi connectivity index (χ2v) is 8.92. The zero-order chi connectivity index (χ0) is 21.3. The Morgan fingerprint density at radius 2 is 1.35 bits per heavy atom. The van der Waals surface area contributed by atoms with Gasteiger partial charge in [0.25, 0.3) is 5.91 Å². The van der Waals surface area contributed by atoms with Gasteiger partial charge in [-0.25, -0.2) is 0 Å². The predicted octanol–water partition coefficient (Wildman–Crippen LogP) is -2.30. The predicted molar refractivity (Wildman–Crippen MR) is 120 cm³/mol. The van der Waals surface area contributed by atoms with Crippen LogP contribution in [0.5, 0.6) is 0 Å². The molecule has 0 radical (unpaired) electrons. The van der Waals surface area contributed by atoms with Crippen LogP contribution in [0.2, 0.25) is 0 Å². The van der Waals surface area contributed by atoms with Crippen LogP contribution >= 0.6 is 0 Å². The van der Waals surface area contributed by atoms with Crippen molar-refractivity contribution in [3.63, 3.8) is 0 Å². The van der Waals surface area contributed by atoms with Gasteiger partial charge in [0.1, 0.15) is 52.4 Å². The highest BCUT2D eigenvalue weighted by molar-refractivity contribution is 5.76. The van der Waals surface area contributed by atoms with Crippen molar-refractivity contribution in [2.75, 3.05) is 59.0 Å². The number of morpholine rings is 1. The quantitative estimate of drug-likeness (QED) is 0.385. The third-order valence-corrected chi connectivity index (χ3v) is 6.61. The van der Waals surface area contributed by atoms with E-state index in [1.165, 1.54) is 21.6 Å². The molecule has 2 heterocycles. The van der Waals surface area contributed by atoms with Gasteiger partial charge in [-0.3, -0.25) is 4.79 Å². The first-order valence-corrected chi connectivity index (χ1v) is 11.7. The summed E-state index contributed by atoms with van der Waals surface area (Å²) in [6.45, 7) is 11.5. The molecule has 166 valence electrons. The summed E-state index contributed by atoms with van der Waals surface area (Å²) in [4.78, 5) is 17.2. The second kappa shape index (κ2) is 11.4. The summed E-state index contributed by atoms with van der Waals surface area (Å²) in [7, 11) is 0. The molecule has 6 heteroatoms. The van der Waals surface area contributed by atoms with Crippen molar-refractivity contribution in [3.8, 4) is 0 Å². The van der Waals surface area contributed by atoms with E-state index < -0.39 is 0 Å². The summed E-state index contributed by atoms with van der Waals surface area (Å²) >= 11 is 0. The number of ether oxygens (including phenoxy) is 1. The molecule has 2 aromatic carbocycles. The average molecular weight is 426 g/mol. The van der Waals surface area contributed by atoms with Gasteiger partial charge in [0.2, 0.25) is 0 Å². The van der Waals surface area contributed by atoms with E-state index in [2.05, 4.69) is 59.9 Å². The van der Waals surface area contributed by atoms with Crippen LogP contribution in [0.4, 0.5) is 0 Å².